The molecule has 5 aromatic rings. The van der Waals surface area contributed by atoms with Gasteiger partial charge in [-0.1, -0.05) is 84.4 Å². The molecular weight excluding hydrogens is 458 g/mol. The van der Waals surface area contributed by atoms with Crippen molar-refractivity contribution in [1.82, 2.24) is 4.98 Å². The Morgan fingerprint density at radius 2 is 1.00 bits per heavy atom. The maximum Gasteiger partial charge on any atom is 0.343 e. The van der Waals surface area contributed by atoms with Crippen LogP contribution in [0.25, 0.3) is 22.3 Å². The summed E-state index contributed by atoms with van der Waals surface area (Å²) in [6.07, 6.45) is 1.84. The van der Waals surface area contributed by atoms with Gasteiger partial charge in [-0.05, 0) is 60.9 Å². The van der Waals surface area contributed by atoms with Gasteiger partial charge < -0.3 is 4.74 Å². The third-order valence-electron chi connectivity index (χ3n) is 6.22. The third kappa shape index (κ3) is 5.54. The van der Waals surface area contributed by atoms with Crippen molar-refractivity contribution in [2.75, 3.05) is 0 Å². The molecule has 5 rings (SSSR count). The van der Waals surface area contributed by atoms with Gasteiger partial charge in [0.2, 0.25) is 0 Å². The van der Waals surface area contributed by atoms with Crippen LogP contribution >= 0.6 is 0 Å². The molecule has 1 aromatic heterocycles. The molecule has 37 heavy (non-hydrogen) atoms. The molecule has 180 valence electrons. The topological polar surface area (TPSA) is 56.3 Å². The van der Waals surface area contributed by atoms with Crippen LogP contribution in [0.15, 0.2) is 115 Å². The van der Waals surface area contributed by atoms with E-state index in [1.807, 2.05) is 105 Å². The number of benzene rings is 4. The number of pyridine rings is 1. The van der Waals surface area contributed by atoms with E-state index in [0.717, 1.165) is 33.5 Å². The van der Waals surface area contributed by atoms with E-state index in [4.69, 9.17) is 4.74 Å². The van der Waals surface area contributed by atoms with Crippen molar-refractivity contribution < 1.29 is 14.3 Å². The number of hydrogen-bond acceptors (Lipinski definition) is 4. The summed E-state index contributed by atoms with van der Waals surface area (Å²) in [4.78, 5) is 29.7. The Bertz CT molecular complexity index is 1530. The molecule has 0 fully saturated rings. The average molecular weight is 484 g/mol. The summed E-state index contributed by atoms with van der Waals surface area (Å²) >= 11 is 0. The van der Waals surface area contributed by atoms with Crippen molar-refractivity contribution in [2.45, 2.75) is 13.8 Å². The van der Waals surface area contributed by atoms with Crippen LogP contribution in [0.4, 0.5) is 0 Å². The third-order valence-corrected chi connectivity index (χ3v) is 6.22. The van der Waals surface area contributed by atoms with Crippen LogP contribution in [0.3, 0.4) is 0 Å². The lowest BCUT2D eigenvalue weighted by Crippen LogP contribution is -2.08. The molecule has 0 spiro atoms. The fourth-order valence-electron chi connectivity index (χ4n) is 4.00. The van der Waals surface area contributed by atoms with E-state index in [0.29, 0.717) is 22.4 Å². The van der Waals surface area contributed by atoms with Crippen LogP contribution in [-0.2, 0) is 0 Å². The number of carbonyl (C=O) groups is 2. The van der Waals surface area contributed by atoms with Crippen LogP contribution in [0.1, 0.15) is 37.5 Å². The number of rotatable bonds is 6. The molecule has 0 amide bonds. The molecule has 0 saturated heterocycles. The van der Waals surface area contributed by atoms with Gasteiger partial charge in [0.15, 0.2) is 5.78 Å². The van der Waals surface area contributed by atoms with Crippen molar-refractivity contribution in [2.24, 2.45) is 0 Å². The Balaban J connectivity index is 1.25. The fourth-order valence-corrected chi connectivity index (χ4v) is 4.00. The van der Waals surface area contributed by atoms with Gasteiger partial charge in [-0.3, -0.25) is 9.78 Å². The van der Waals surface area contributed by atoms with Crippen LogP contribution in [-0.4, -0.2) is 16.7 Å². The van der Waals surface area contributed by atoms with Gasteiger partial charge in [0.1, 0.15) is 5.75 Å². The van der Waals surface area contributed by atoms with Gasteiger partial charge in [0.25, 0.3) is 0 Å². The van der Waals surface area contributed by atoms with Gasteiger partial charge in [0.05, 0.1) is 5.56 Å². The smallest absolute Gasteiger partial charge is 0.343 e. The Morgan fingerprint density at radius 1 is 0.541 bits per heavy atom. The normalized spacial score (nSPS) is 10.6. The van der Waals surface area contributed by atoms with Crippen LogP contribution in [0.5, 0.6) is 5.75 Å². The first-order chi connectivity index (χ1) is 18.0. The highest BCUT2D eigenvalue weighted by Gasteiger charge is 2.11. The SMILES string of the molecule is Cc1ccc(C(=O)Oc2ccc(-c3ccc(C(=O)c4ccc(-c5ccc(C)nc5)cc4)cc3)cc2)cc1. The molecule has 0 aliphatic rings. The van der Waals surface area contributed by atoms with E-state index < -0.39 is 0 Å². The van der Waals surface area contributed by atoms with Crippen molar-refractivity contribution in [1.29, 1.82) is 0 Å². The standard InChI is InChI=1S/C33H25NO3/c1-22-3-6-29(7-4-22)33(36)37-31-19-17-25(18-20-31)24-9-13-27(14-10-24)32(35)28-15-11-26(12-16-28)30-8-5-23(2)34-21-30/h3-21H,1-2H3. The second-order valence-corrected chi connectivity index (χ2v) is 8.95. The van der Waals surface area contributed by atoms with Gasteiger partial charge in [-0.25, -0.2) is 4.79 Å². The predicted molar refractivity (Wildman–Crippen MR) is 146 cm³/mol. The first-order valence-corrected chi connectivity index (χ1v) is 12.0. The summed E-state index contributed by atoms with van der Waals surface area (Å²) in [7, 11) is 0. The number of carbonyl (C=O) groups excluding carboxylic acids is 2. The minimum atomic E-state index is -0.390. The molecule has 0 aliphatic heterocycles. The second kappa shape index (κ2) is 10.4. The fraction of sp³-hybridized carbons (Fsp3) is 0.0606. The molecular formula is C33H25NO3. The minimum Gasteiger partial charge on any atom is -0.423 e. The molecule has 4 aromatic carbocycles. The van der Waals surface area contributed by atoms with Crippen LogP contribution in [0, 0.1) is 13.8 Å². The molecule has 0 saturated carbocycles. The summed E-state index contributed by atoms with van der Waals surface area (Å²) in [5, 5.41) is 0. The summed E-state index contributed by atoms with van der Waals surface area (Å²) in [6.45, 7) is 3.93. The molecule has 0 N–H and O–H groups in total. The summed E-state index contributed by atoms with van der Waals surface area (Å²) < 4.78 is 5.49. The number of esters is 1. The Hall–Kier alpha value is -4.83. The van der Waals surface area contributed by atoms with E-state index >= 15 is 0 Å². The molecule has 0 unspecified atom stereocenters. The van der Waals surface area contributed by atoms with Crippen molar-refractivity contribution >= 4 is 11.8 Å². The molecule has 0 radical (unpaired) electrons. The Morgan fingerprint density at radius 3 is 1.51 bits per heavy atom. The number of nitrogens with zero attached hydrogens (tertiary/aromatic N) is 1. The Labute approximate surface area is 216 Å². The molecule has 4 heteroatoms. The zero-order valence-electron chi connectivity index (χ0n) is 20.6. The lowest BCUT2D eigenvalue weighted by molar-refractivity contribution is 0.0734. The first-order valence-electron chi connectivity index (χ1n) is 12.0. The summed E-state index contributed by atoms with van der Waals surface area (Å²) in [5.74, 6) is 0.0589. The van der Waals surface area contributed by atoms with Gasteiger partial charge in [0, 0.05) is 28.6 Å². The zero-order valence-corrected chi connectivity index (χ0v) is 20.6. The summed E-state index contributed by atoms with van der Waals surface area (Å²) in [6, 6.07) is 33.7. The van der Waals surface area contributed by atoms with E-state index in [1.54, 1.807) is 24.3 Å². The van der Waals surface area contributed by atoms with Gasteiger partial charge in [-0.15, -0.1) is 0 Å². The number of ketones is 1. The largest absolute Gasteiger partial charge is 0.423 e. The highest BCUT2D eigenvalue weighted by molar-refractivity contribution is 6.09. The molecule has 0 atom stereocenters. The minimum absolute atomic E-state index is 0.0292. The number of hydrogen-bond donors (Lipinski definition) is 0. The number of aromatic nitrogens is 1. The van der Waals surface area contributed by atoms with Crippen molar-refractivity contribution in [3.63, 3.8) is 0 Å². The predicted octanol–water partition coefficient (Wildman–Crippen LogP) is 7.48. The van der Waals surface area contributed by atoms with Crippen LogP contribution < -0.4 is 4.74 Å². The van der Waals surface area contributed by atoms with Crippen molar-refractivity contribution in [3.8, 4) is 28.0 Å². The summed E-state index contributed by atoms with van der Waals surface area (Å²) in [5.41, 5.74) is 7.79. The van der Waals surface area contributed by atoms with Gasteiger partial charge >= 0.3 is 5.97 Å². The maximum atomic E-state index is 13.0. The van der Waals surface area contributed by atoms with E-state index in [1.165, 1.54) is 0 Å². The van der Waals surface area contributed by atoms with E-state index in [-0.39, 0.29) is 11.8 Å². The maximum absolute atomic E-state index is 13.0. The quantitative estimate of drug-likeness (QED) is 0.143. The molecule has 4 nitrogen and oxygen atoms in total. The van der Waals surface area contributed by atoms with E-state index in [2.05, 4.69) is 4.98 Å². The molecule has 0 bridgehead atoms. The number of aryl methyl sites for hydroxylation is 2. The molecule has 1 heterocycles. The highest BCUT2D eigenvalue weighted by atomic mass is 16.5. The van der Waals surface area contributed by atoms with E-state index in [9.17, 15) is 9.59 Å². The van der Waals surface area contributed by atoms with Crippen molar-refractivity contribution in [3.05, 3.63) is 143 Å². The zero-order chi connectivity index (χ0) is 25.8. The lowest BCUT2D eigenvalue weighted by Gasteiger charge is -2.08. The average Bonchev–Trinajstić information content (AvgIpc) is 2.94. The second-order valence-electron chi connectivity index (χ2n) is 8.95. The lowest BCUT2D eigenvalue weighted by atomic mass is 9.98. The monoisotopic (exact) mass is 483 g/mol. The highest BCUT2D eigenvalue weighted by Crippen LogP contribution is 2.25. The molecule has 0 aliphatic carbocycles. The van der Waals surface area contributed by atoms with Gasteiger partial charge in [-0.2, -0.15) is 0 Å². The number of ether oxygens (including phenoxy) is 1. The Kier molecular flexibility index (Phi) is 6.73. The van der Waals surface area contributed by atoms with Crippen LogP contribution in [0.2, 0.25) is 0 Å². The first kappa shape index (κ1) is 23.9.